The molecule has 1 aromatic carbocycles. The van der Waals surface area contributed by atoms with Crippen molar-refractivity contribution < 1.29 is 14.3 Å². The van der Waals surface area contributed by atoms with Crippen molar-refractivity contribution in [2.24, 2.45) is 0 Å². The Morgan fingerprint density at radius 1 is 1.30 bits per heavy atom. The van der Waals surface area contributed by atoms with Gasteiger partial charge in [-0.05, 0) is 16.5 Å². The first-order valence-electron chi connectivity index (χ1n) is 9.08. The summed E-state index contributed by atoms with van der Waals surface area (Å²) >= 11 is 0. The lowest BCUT2D eigenvalue weighted by molar-refractivity contribution is -0.130. The van der Waals surface area contributed by atoms with Crippen LogP contribution in [0, 0.1) is 0 Å². The maximum absolute atomic E-state index is 12.5. The third kappa shape index (κ3) is 5.24. The number of carbonyl (C=O) groups is 1. The van der Waals surface area contributed by atoms with Gasteiger partial charge in [0.1, 0.15) is 5.75 Å². The number of aromatic nitrogens is 4. The molecule has 0 atom stereocenters. The number of ether oxygens (including phenoxy) is 2. The van der Waals surface area contributed by atoms with Crippen LogP contribution in [-0.4, -0.2) is 76.4 Å². The Hall–Kier alpha value is -2.52. The summed E-state index contributed by atoms with van der Waals surface area (Å²) in [6, 6.07) is 7.71. The molecule has 0 radical (unpaired) electrons. The second-order valence-corrected chi connectivity index (χ2v) is 6.52. The molecule has 3 rings (SSSR count). The first kappa shape index (κ1) is 19.2. The molecular formula is C18H26N6O3. The predicted molar refractivity (Wildman–Crippen MR) is 98.0 cm³/mol. The van der Waals surface area contributed by atoms with Crippen LogP contribution in [0.25, 0.3) is 0 Å². The zero-order chi connectivity index (χ0) is 19.1. The lowest BCUT2D eigenvalue weighted by Crippen LogP contribution is -2.36. The monoisotopic (exact) mass is 374 g/mol. The van der Waals surface area contributed by atoms with Gasteiger partial charge in [0.2, 0.25) is 5.91 Å². The minimum atomic E-state index is 0.0359. The van der Waals surface area contributed by atoms with Crippen molar-refractivity contribution in [3.63, 3.8) is 0 Å². The molecule has 0 unspecified atom stereocenters. The summed E-state index contributed by atoms with van der Waals surface area (Å²) in [6.45, 7) is 4.82. The van der Waals surface area contributed by atoms with Gasteiger partial charge >= 0.3 is 0 Å². The molecule has 0 saturated carbocycles. The number of morpholine rings is 1. The molecule has 0 aliphatic carbocycles. The SMILES string of the molecule is COc1ccccc1CN(C)C(=O)CCn1nnnc1CN1CCOCC1. The van der Waals surface area contributed by atoms with E-state index in [4.69, 9.17) is 9.47 Å². The van der Waals surface area contributed by atoms with Gasteiger partial charge in [-0.25, -0.2) is 4.68 Å². The highest BCUT2D eigenvalue weighted by Crippen LogP contribution is 2.19. The average molecular weight is 374 g/mol. The number of tetrazole rings is 1. The van der Waals surface area contributed by atoms with Crippen LogP contribution in [0.3, 0.4) is 0 Å². The molecule has 9 nitrogen and oxygen atoms in total. The van der Waals surface area contributed by atoms with Crippen molar-refractivity contribution >= 4 is 5.91 Å². The van der Waals surface area contributed by atoms with Crippen LogP contribution in [-0.2, 0) is 29.2 Å². The van der Waals surface area contributed by atoms with Crippen molar-refractivity contribution in [1.82, 2.24) is 30.0 Å². The standard InChI is InChI=1S/C18H26N6O3/c1-22(13-15-5-3-4-6-16(15)26-2)18(25)7-8-24-17(19-20-21-24)14-23-9-11-27-12-10-23/h3-6H,7-14H2,1-2H3. The number of carbonyl (C=O) groups excluding carboxylic acids is 1. The highest BCUT2D eigenvalue weighted by Gasteiger charge is 2.17. The molecule has 1 saturated heterocycles. The van der Waals surface area contributed by atoms with E-state index in [9.17, 15) is 4.79 Å². The predicted octanol–water partition coefficient (Wildman–Crippen LogP) is 0.563. The number of hydrogen-bond acceptors (Lipinski definition) is 7. The summed E-state index contributed by atoms with van der Waals surface area (Å²) in [5.41, 5.74) is 0.978. The molecule has 0 N–H and O–H groups in total. The molecule has 1 aliphatic heterocycles. The molecule has 9 heteroatoms. The number of rotatable bonds is 8. The molecule has 1 fully saturated rings. The van der Waals surface area contributed by atoms with Crippen molar-refractivity contribution in [3.05, 3.63) is 35.7 Å². The minimum Gasteiger partial charge on any atom is -0.496 e. The Kier molecular flexibility index (Phi) is 6.72. The van der Waals surface area contributed by atoms with Gasteiger partial charge in [0.15, 0.2) is 5.82 Å². The van der Waals surface area contributed by atoms with Gasteiger partial charge in [-0.1, -0.05) is 18.2 Å². The van der Waals surface area contributed by atoms with E-state index in [1.807, 2.05) is 24.3 Å². The Bertz CT molecular complexity index is 744. The van der Waals surface area contributed by atoms with E-state index in [0.29, 0.717) is 26.1 Å². The molecule has 0 bridgehead atoms. The molecule has 2 heterocycles. The first-order chi connectivity index (χ1) is 13.2. The Labute approximate surface area is 158 Å². The number of benzene rings is 1. The fourth-order valence-corrected chi connectivity index (χ4v) is 3.04. The Morgan fingerprint density at radius 2 is 2.07 bits per heavy atom. The summed E-state index contributed by atoms with van der Waals surface area (Å²) in [6.07, 6.45) is 0.340. The van der Waals surface area contributed by atoms with Crippen molar-refractivity contribution in [1.29, 1.82) is 0 Å². The van der Waals surface area contributed by atoms with Gasteiger partial charge in [0.25, 0.3) is 0 Å². The second-order valence-electron chi connectivity index (χ2n) is 6.52. The second kappa shape index (κ2) is 9.43. The zero-order valence-electron chi connectivity index (χ0n) is 15.9. The topological polar surface area (TPSA) is 85.6 Å². The number of hydrogen-bond donors (Lipinski definition) is 0. The van der Waals surface area contributed by atoms with Crippen LogP contribution in [0.4, 0.5) is 0 Å². The number of aryl methyl sites for hydroxylation is 1. The van der Waals surface area contributed by atoms with Gasteiger partial charge in [-0.3, -0.25) is 9.69 Å². The van der Waals surface area contributed by atoms with Crippen molar-refractivity contribution in [3.8, 4) is 5.75 Å². The van der Waals surface area contributed by atoms with E-state index in [-0.39, 0.29) is 5.91 Å². The van der Waals surface area contributed by atoms with Crippen LogP contribution in [0.15, 0.2) is 24.3 Å². The van der Waals surface area contributed by atoms with E-state index in [1.165, 1.54) is 0 Å². The first-order valence-corrected chi connectivity index (χ1v) is 9.08. The fraction of sp³-hybridized carbons (Fsp3) is 0.556. The molecule has 146 valence electrons. The molecule has 2 aromatic rings. The van der Waals surface area contributed by atoms with Gasteiger partial charge in [-0.2, -0.15) is 0 Å². The van der Waals surface area contributed by atoms with Crippen molar-refractivity contribution in [2.45, 2.75) is 26.1 Å². The van der Waals surface area contributed by atoms with Gasteiger partial charge in [-0.15, -0.1) is 5.10 Å². The fourth-order valence-electron chi connectivity index (χ4n) is 3.04. The Morgan fingerprint density at radius 3 is 2.85 bits per heavy atom. The van der Waals surface area contributed by atoms with E-state index >= 15 is 0 Å². The van der Waals surface area contributed by atoms with Crippen molar-refractivity contribution in [2.75, 3.05) is 40.5 Å². The van der Waals surface area contributed by atoms with Gasteiger partial charge < -0.3 is 14.4 Å². The highest BCUT2D eigenvalue weighted by molar-refractivity contribution is 5.75. The molecule has 0 spiro atoms. The van der Waals surface area contributed by atoms with Gasteiger partial charge in [0, 0.05) is 38.7 Å². The summed E-state index contributed by atoms with van der Waals surface area (Å²) in [5, 5.41) is 11.9. The summed E-state index contributed by atoms with van der Waals surface area (Å²) in [7, 11) is 3.43. The van der Waals surface area contributed by atoms with E-state index < -0.39 is 0 Å². The summed E-state index contributed by atoms with van der Waals surface area (Å²) in [5.74, 6) is 1.59. The smallest absolute Gasteiger partial charge is 0.224 e. The largest absolute Gasteiger partial charge is 0.496 e. The summed E-state index contributed by atoms with van der Waals surface area (Å²) in [4.78, 5) is 16.5. The third-order valence-corrected chi connectivity index (χ3v) is 4.64. The highest BCUT2D eigenvalue weighted by atomic mass is 16.5. The maximum atomic E-state index is 12.5. The third-order valence-electron chi connectivity index (χ3n) is 4.64. The number of nitrogens with zero attached hydrogens (tertiary/aromatic N) is 6. The number of methoxy groups -OCH3 is 1. The van der Waals surface area contributed by atoms with E-state index in [1.54, 1.807) is 23.7 Å². The van der Waals surface area contributed by atoms with Crippen LogP contribution >= 0.6 is 0 Å². The maximum Gasteiger partial charge on any atom is 0.224 e. The average Bonchev–Trinajstić information content (AvgIpc) is 3.14. The number of para-hydroxylation sites is 1. The normalized spacial score (nSPS) is 14.9. The lowest BCUT2D eigenvalue weighted by atomic mass is 10.2. The lowest BCUT2D eigenvalue weighted by Gasteiger charge is -2.25. The van der Waals surface area contributed by atoms with E-state index in [2.05, 4.69) is 20.4 Å². The van der Waals surface area contributed by atoms with Crippen LogP contribution < -0.4 is 4.74 Å². The quantitative estimate of drug-likeness (QED) is 0.667. The minimum absolute atomic E-state index is 0.0359. The number of amides is 1. The zero-order valence-corrected chi connectivity index (χ0v) is 15.9. The van der Waals surface area contributed by atoms with Crippen LogP contribution in [0.1, 0.15) is 17.8 Å². The Balaban J connectivity index is 1.52. The molecular weight excluding hydrogens is 348 g/mol. The molecule has 1 amide bonds. The molecule has 27 heavy (non-hydrogen) atoms. The summed E-state index contributed by atoms with van der Waals surface area (Å²) < 4.78 is 12.4. The van der Waals surface area contributed by atoms with Crippen LogP contribution in [0.5, 0.6) is 5.75 Å². The van der Waals surface area contributed by atoms with Crippen LogP contribution in [0.2, 0.25) is 0 Å². The van der Waals surface area contributed by atoms with E-state index in [0.717, 1.165) is 43.4 Å². The van der Waals surface area contributed by atoms with Gasteiger partial charge in [0.05, 0.1) is 33.4 Å². The molecule has 1 aliphatic rings. The molecule has 1 aromatic heterocycles.